The van der Waals surface area contributed by atoms with Gasteiger partial charge in [-0.1, -0.05) is 26.3 Å². The van der Waals surface area contributed by atoms with Crippen LogP contribution in [0.4, 0.5) is 17.6 Å². The van der Waals surface area contributed by atoms with Crippen LogP contribution in [0, 0.1) is 0 Å². The first-order chi connectivity index (χ1) is 9.56. The summed E-state index contributed by atoms with van der Waals surface area (Å²) in [5, 5.41) is 17.3. The zero-order chi connectivity index (χ0) is 16.9. The second-order valence-electron chi connectivity index (χ2n) is 3.74. The molecule has 0 spiro atoms. The van der Waals surface area contributed by atoms with Crippen molar-refractivity contribution < 1.29 is 32.3 Å². The molecule has 2 N–H and O–H groups in total. The maximum absolute atomic E-state index is 13.7. The van der Waals surface area contributed by atoms with Gasteiger partial charge in [-0.15, -0.1) is 0 Å². The Kier molecular flexibility index (Phi) is 6.91. The molecule has 0 rings (SSSR count). The minimum Gasteiger partial charge on any atom is -0.494 e. The molecule has 0 radical (unpaired) electrons. The third-order valence-corrected chi connectivity index (χ3v) is 2.36. The van der Waals surface area contributed by atoms with Crippen LogP contribution in [0.3, 0.4) is 0 Å². The molecule has 0 heterocycles. The van der Waals surface area contributed by atoms with Crippen LogP contribution in [0.1, 0.15) is 0 Å². The molecule has 0 fully saturated rings. The zero-order valence-electron chi connectivity index (χ0n) is 11.2. The van der Waals surface area contributed by atoms with E-state index in [1.807, 2.05) is 0 Å². The Morgan fingerprint density at radius 3 is 1.52 bits per heavy atom. The largest absolute Gasteiger partial charge is 0.494 e. The van der Waals surface area contributed by atoms with Crippen LogP contribution in [0.5, 0.6) is 0 Å². The van der Waals surface area contributed by atoms with Crippen molar-refractivity contribution in [2.24, 2.45) is 0 Å². The van der Waals surface area contributed by atoms with Crippen molar-refractivity contribution in [1.82, 2.24) is 0 Å². The molecule has 0 saturated carbocycles. The summed E-state index contributed by atoms with van der Waals surface area (Å²) in [5.74, 6) is -7.41. The highest BCUT2D eigenvalue weighted by atomic mass is 19.2. The molecule has 0 saturated heterocycles. The molecule has 0 aromatic carbocycles. The second-order valence-corrected chi connectivity index (χ2v) is 3.74. The number of allylic oxidation sites excluding steroid dienone is 7. The first-order valence-electron chi connectivity index (χ1n) is 5.34. The van der Waals surface area contributed by atoms with Crippen molar-refractivity contribution >= 4 is 7.12 Å². The summed E-state index contributed by atoms with van der Waals surface area (Å²) >= 11 is 0. The van der Waals surface area contributed by atoms with Crippen molar-refractivity contribution in [2.75, 3.05) is 7.11 Å². The quantitative estimate of drug-likeness (QED) is 0.329. The number of ether oxygens (including phenoxy) is 1. The van der Waals surface area contributed by atoms with Crippen molar-refractivity contribution in [2.45, 2.75) is 0 Å². The molecule has 0 aromatic heterocycles. The fraction of sp³-hybridized carbons (Fsp3) is 0.0769. The Morgan fingerprint density at radius 2 is 1.19 bits per heavy atom. The maximum Gasteiger partial charge on any atom is 0.490 e. The SMILES string of the molecule is C=C(OC)/C(F)=C(/F)C(=C)C(=C)/C(F)=C(/F)C(=C)B(O)O. The van der Waals surface area contributed by atoms with Crippen molar-refractivity contribution in [1.29, 1.82) is 0 Å². The molecule has 0 aliphatic rings. The Labute approximate surface area is 119 Å². The Morgan fingerprint density at radius 1 is 0.810 bits per heavy atom. The Bertz CT molecular complexity index is 562. The van der Waals surface area contributed by atoms with Crippen LogP contribution in [-0.2, 0) is 4.74 Å². The molecular formula is C13H13BF4O3. The van der Waals surface area contributed by atoms with Gasteiger partial charge in [-0.05, 0) is 0 Å². The van der Waals surface area contributed by atoms with Crippen molar-refractivity contribution in [3.63, 3.8) is 0 Å². The standard InChI is InChI=1S/C13H13BF4O3/c1-6(10(15)12(17)8(3)14(19)20)7(2)11(16)13(18)9(4)21-5/h19-20H,1-4H2,5H3/b12-10-,13-11-. The van der Waals surface area contributed by atoms with Crippen molar-refractivity contribution in [3.05, 3.63) is 72.0 Å². The van der Waals surface area contributed by atoms with Crippen molar-refractivity contribution in [3.8, 4) is 0 Å². The normalized spacial score (nSPS) is 12.9. The topological polar surface area (TPSA) is 49.7 Å². The molecule has 0 unspecified atom stereocenters. The summed E-state index contributed by atoms with van der Waals surface area (Å²) in [6.45, 7) is 12.0. The first kappa shape index (κ1) is 18.9. The Hall–Kier alpha value is -2.06. The van der Waals surface area contributed by atoms with E-state index in [0.717, 1.165) is 7.11 Å². The van der Waals surface area contributed by atoms with Gasteiger partial charge in [0, 0.05) is 16.6 Å². The van der Waals surface area contributed by atoms with Crippen LogP contribution in [-0.4, -0.2) is 24.3 Å². The lowest BCUT2D eigenvalue weighted by Gasteiger charge is -2.10. The van der Waals surface area contributed by atoms with Gasteiger partial charge in [0.15, 0.2) is 17.5 Å². The fourth-order valence-corrected chi connectivity index (χ4v) is 0.996. The monoisotopic (exact) mass is 304 g/mol. The molecule has 21 heavy (non-hydrogen) atoms. The summed E-state index contributed by atoms with van der Waals surface area (Å²) in [4.78, 5) is 0. The fourth-order valence-electron chi connectivity index (χ4n) is 0.996. The molecule has 0 aromatic rings. The van der Waals surface area contributed by atoms with Crippen LogP contribution in [0.2, 0.25) is 0 Å². The van der Waals surface area contributed by atoms with Gasteiger partial charge < -0.3 is 14.8 Å². The number of halogens is 4. The first-order valence-corrected chi connectivity index (χ1v) is 5.34. The van der Waals surface area contributed by atoms with Crippen LogP contribution >= 0.6 is 0 Å². The molecule has 114 valence electrons. The van der Waals surface area contributed by atoms with Crippen LogP contribution < -0.4 is 0 Å². The summed E-state index contributed by atoms with van der Waals surface area (Å²) in [6.07, 6.45) is 0. The highest BCUT2D eigenvalue weighted by Gasteiger charge is 2.25. The third-order valence-electron chi connectivity index (χ3n) is 2.36. The van der Waals surface area contributed by atoms with E-state index in [-0.39, 0.29) is 0 Å². The van der Waals surface area contributed by atoms with E-state index in [9.17, 15) is 17.6 Å². The van der Waals surface area contributed by atoms with E-state index >= 15 is 0 Å². The summed E-state index contributed by atoms with van der Waals surface area (Å²) in [5.41, 5.74) is -2.85. The summed E-state index contributed by atoms with van der Waals surface area (Å²) in [6, 6.07) is 0. The van der Waals surface area contributed by atoms with Gasteiger partial charge in [-0.2, -0.15) is 4.39 Å². The van der Waals surface area contributed by atoms with E-state index in [0.29, 0.717) is 0 Å². The molecule has 0 aliphatic carbocycles. The predicted molar refractivity (Wildman–Crippen MR) is 72.2 cm³/mol. The molecule has 8 heteroatoms. The lowest BCUT2D eigenvalue weighted by molar-refractivity contribution is 0.281. The van der Waals surface area contributed by atoms with Gasteiger partial charge >= 0.3 is 7.12 Å². The van der Waals surface area contributed by atoms with E-state index < -0.39 is 52.8 Å². The minimum atomic E-state index is -2.36. The van der Waals surface area contributed by atoms with Crippen LogP contribution in [0.15, 0.2) is 72.0 Å². The van der Waals surface area contributed by atoms with E-state index in [1.54, 1.807) is 0 Å². The van der Waals surface area contributed by atoms with E-state index in [4.69, 9.17) is 10.0 Å². The van der Waals surface area contributed by atoms with Crippen LogP contribution in [0.25, 0.3) is 0 Å². The molecule has 0 atom stereocenters. The van der Waals surface area contributed by atoms with Gasteiger partial charge in [-0.25, -0.2) is 13.2 Å². The lowest BCUT2D eigenvalue weighted by atomic mass is 9.79. The summed E-state index contributed by atoms with van der Waals surface area (Å²) < 4.78 is 58.5. The molecular weight excluding hydrogens is 291 g/mol. The smallest absolute Gasteiger partial charge is 0.490 e. The predicted octanol–water partition coefficient (Wildman–Crippen LogP) is 3.13. The average Bonchev–Trinajstić information content (AvgIpc) is 2.48. The highest BCUT2D eigenvalue weighted by molar-refractivity contribution is 6.51. The number of hydrogen-bond donors (Lipinski definition) is 2. The second kappa shape index (κ2) is 7.65. The average molecular weight is 304 g/mol. The summed E-state index contributed by atoms with van der Waals surface area (Å²) in [7, 11) is -1.33. The molecule has 3 nitrogen and oxygen atoms in total. The van der Waals surface area contributed by atoms with E-state index in [2.05, 4.69) is 31.1 Å². The minimum absolute atomic E-state index is 0.679. The van der Waals surface area contributed by atoms with Gasteiger partial charge in [-0.3, -0.25) is 0 Å². The molecule has 0 bridgehead atoms. The van der Waals surface area contributed by atoms with Gasteiger partial charge in [0.1, 0.15) is 5.76 Å². The number of hydrogen-bond acceptors (Lipinski definition) is 3. The number of methoxy groups -OCH3 is 1. The molecule has 0 amide bonds. The zero-order valence-corrected chi connectivity index (χ0v) is 11.2. The van der Waals surface area contributed by atoms with Gasteiger partial charge in [0.2, 0.25) is 5.83 Å². The van der Waals surface area contributed by atoms with Gasteiger partial charge in [0.25, 0.3) is 0 Å². The lowest BCUT2D eigenvalue weighted by Crippen LogP contribution is -2.15. The maximum atomic E-state index is 13.7. The number of rotatable bonds is 7. The highest BCUT2D eigenvalue weighted by Crippen LogP contribution is 2.32. The third kappa shape index (κ3) is 4.47. The van der Waals surface area contributed by atoms with E-state index in [1.165, 1.54) is 0 Å². The molecule has 0 aliphatic heterocycles. The van der Waals surface area contributed by atoms with Gasteiger partial charge in [0.05, 0.1) is 7.11 Å². The Balaban J connectivity index is 5.56.